The molecule has 1 fully saturated rings. The van der Waals surface area contributed by atoms with Crippen molar-refractivity contribution in [3.63, 3.8) is 0 Å². The van der Waals surface area contributed by atoms with Crippen molar-refractivity contribution < 1.29 is 13.2 Å². The smallest absolute Gasteiger partial charge is 0.246 e. The summed E-state index contributed by atoms with van der Waals surface area (Å²) >= 11 is 3.32. The molecule has 1 amide bonds. The van der Waals surface area contributed by atoms with Gasteiger partial charge in [0.15, 0.2) is 0 Å². The van der Waals surface area contributed by atoms with Crippen LogP contribution in [0.4, 0.5) is 0 Å². The van der Waals surface area contributed by atoms with Crippen LogP contribution in [0.3, 0.4) is 0 Å². The zero-order valence-electron chi connectivity index (χ0n) is 15.4. The molecule has 0 saturated carbocycles. The summed E-state index contributed by atoms with van der Waals surface area (Å²) in [6, 6.07) is 0. The van der Waals surface area contributed by atoms with Crippen LogP contribution in [0.2, 0.25) is 0 Å². The van der Waals surface area contributed by atoms with Crippen molar-refractivity contribution in [2.45, 2.75) is 38.3 Å². The minimum atomic E-state index is -3.59. The molecule has 0 aliphatic carbocycles. The van der Waals surface area contributed by atoms with Crippen molar-refractivity contribution in [2.24, 2.45) is 0 Å². The van der Waals surface area contributed by atoms with Crippen molar-refractivity contribution in [3.05, 3.63) is 28.8 Å². The topological polar surface area (TPSA) is 93.3 Å². The largest absolute Gasteiger partial charge is 0.340 e. The number of nitrogens with zero attached hydrogens (tertiary/aromatic N) is 6. The van der Waals surface area contributed by atoms with Crippen molar-refractivity contribution in [2.75, 3.05) is 26.2 Å². The molecule has 0 N–H and O–H groups in total. The molecule has 0 spiro atoms. The van der Waals surface area contributed by atoms with Gasteiger partial charge in [-0.05, 0) is 29.8 Å². The maximum absolute atomic E-state index is 12.9. The second-order valence-electron chi connectivity index (χ2n) is 6.39. The molecular formula is C16H23BrN6O3S. The summed E-state index contributed by atoms with van der Waals surface area (Å²) in [6.07, 6.45) is 5.40. The Hall–Kier alpha value is -1.72. The predicted molar refractivity (Wildman–Crippen MR) is 103 cm³/mol. The summed E-state index contributed by atoms with van der Waals surface area (Å²) in [7, 11) is -3.59. The van der Waals surface area contributed by atoms with Gasteiger partial charge in [0.1, 0.15) is 4.90 Å². The summed E-state index contributed by atoms with van der Waals surface area (Å²) in [5.74, 6) is 0.00801. The number of amides is 1. The first-order chi connectivity index (χ1) is 12.8. The average molecular weight is 459 g/mol. The SMILES string of the molecule is CCn1cc(S(=O)(=O)N2CCN(C(=O)CCn3cc(Br)cn3)CC2)c(C)n1. The first-order valence-electron chi connectivity index (χ1n) is 8.81. The monoisotopic (exact) mass is 458 g/mol. The summed E-state index contributed by atoms with van der Waals surface area (Å²) < 4.78 is 31.4. The lowest BCUT2D eigenvalue weighted by Gasteiger charge is -2.34. The molecule has 27 heavy (non-hydrogen) atoms. The molecule has 3 rings (SSSR count). The molecule has 2 aromatic rings. The fourth-order valence-corrected chi connectivity index (χ4v) is 4.98. The number of halogens is 1. The van der Waals surface area contributed by atoms with Crippen LogP contribution in [0.25, 0.3) is 0 Å². The summed E-state index contributed by atoms with van der Waals surface area (Å²) in [6.45, 7) is 6.09. The third-order valence-corrected chi connectivity index (χ3v) is 7.00. The quantitative estimate of drug-likeness (QED) is 0.645. The highest BCUT2D eigenvalue weighted by Gasteiger charge is 2.32. The summed E-state index contributed by atoms with van der Waals surface area (Å²) in [5, 5.41) is 8.35. The van der Waals surface area contributed by atoms with Crippen LogP contribution in [-0.2, 0) is 27.9 Å². The molecule has 0 radical (unpaired) electrons. The Morgan fingerprint density at radius 1 is 1.19 bits per heavy atom. The lowest BCUT2D eigenvalue weighted by molar-refractivity contribution is -0.132. The Labute approximate surface area is 167 Å². The normalized spacial score (nSPS) is 16.0. The van der Waals surface area contributed by atoms with Gasteiger partial charge in [0.05, 0.1) is 16.4 Å². The molecule has 0 bridgehead atoms. The predicted octanol–water partition coefficient (Wildman–Crippen LogP) is 1.09. The van der Waals surface area contributed by atoms with Crippen molar-refractivity contribution in [1.82, 2.24) is 28.8 Å². The van der Waals surface area contributed by atoms with E-state index >= 15 is 0 Å². The van der Waals surface area contributed by atoms with Gasteiger partial charge in [0.2, 0.25) is 15.9 Å². The molecule has 148 valence electrons. The lowest BCUT2D eigenvalue weighted by Crippen LogP contribution is -2.50. The van der Waals surface area contributed by atoms with Crippen molar-refractivity contribution >= 4 is 31.9 Å². The van der Waals surface area contributed by atoms with Crippen LogP contribution < -0.4 is 0 Å². The fraction of sp³-hybridized carbons (Fsp3) is 0.562. The molecule has 11 heteroatoms. The van der Waals surface area contributed by atoms with Crippen molar-refractivity contribution in [3.8, 4) is 0 Å². The van der Waals surface area contributed by atoms with Crippen LogP contribution in [0.1, 0.15) is 19.0 Å². The van der Waals surface area contributed by atoms with Crippen LogP contribution in [0, 0.1) is 6.92 Å². The van der Waals surface area contributed by atoms with Gasteiger partial charge in [-0.25, -0.2) is 8.42 Å². The molecule has 3 heterocycles. The third-order valence-electron chi connectivity index (χ3n) is 4.59. The van der Waals surface area contributed by atoms with E-state index in [4.69, 9.17) is 0 Å². The second-order valence-corrected chi connectivity index (χ2v) is 9.21. The Kier molecular flexibility index (Phi) is 6.02. The van der Waals surface area contributed by atoms with E-state index in [-0.39, 0.29) is 23.9 Å². The Balaban J connectivity index is 1.57. The number of hydrogen-bond acceptors (Lipinski definition) is 5. The Morgan fingerprint density at radius 2 is 1.89 bits per heavy atom. The average Bonchev–Trinajstić information content (AvgIpc) is 3.25. The molecule has 1 aliphatic heterocycles. The van der Waals surface area contributed by atoms with Gasteiger partial charge in [0, 0.05) is 58.1 Å². The van der Waals surface area contributed by atoms with Crippen LogP contribution >= 0.6 is 15.9 Å². The van der Waals surface area contributed by atoms with E-state index in [0.29, 0.717) is 38.3 Å². The van der Waals surface area contributed by atoms with Gasteiger partial charge in [0.25, 0.3) is 0 Å². The van der Waals surface area contributed by atoms with Gasteiger partial charge < -0.3 is 4.90 Å². The lowest BCUT2D eigenvalue weighted by atomic mass is 10.3. The molecule has 0 aromatic carbocycles. The molecule has 2 aromatic heterocycles. The van der Waals surface area contributed by atoms with E-state index in [1.807, 2.05) is 13.1 Å². The highest BCUT2D eigenvalue weighted by atomic mass is 79.9. The van der Waals surface area contributed by atoms with Crippen LogP contribution in [0.15, 0.2) is 28.0 Å². The molecule has 0 atom stereocenters. The summed E-state index contributed by atoms with van der Waals surface area (Å²) in [5.41, 5.74) is 0.501. The number of sulfonamides is 1. The van der Waals surface area contributed by atoms with E-state index in [2.05, 4.69) is 26.1 Å². The molecule has 1 saturated heterocycles. The van der Waals surface area contributed by atoms with Gasteiger partial charge in [-0.15, -0.1) is 0 Å². The van der Waals surface area contributed by atoms with Crippen LogP contribution in [-0.4, -0.2) is 69.3 Å². The van der Waals surface area contributed by atoms with Crippen LogP contribution in [0.5, 0.6) is 0 Å². The van der Waals surface area contributed by atoms with Gasteiger partial charge >= 0.3 is 0 Å². The number of carbonyl (C=O) groups excluding carboxylic acids is 1. The Morgan fingerprint density at radius 3 is 2.44 bits per heavy atom. The first-order valence-corrected chi connectivity index (χ1v) is 11.0. The fourth-order valence-electron chi connectivity index (χ4n) is 3.06. The van der Waals surface area contributed by atoms with Gasteiger partial charge in [-0.1, -0.05) is 0 Å². The number of aryl methyl sites for hydroxylation is 3. The molecular weight excluding hydrogens is 436 g/mol. The van der Waals surface area contributed by atoms with E-state index in [0.717, 1.165) is 4.47 Å². The van der Waals surface area contributed by atoms with E-state index < -0.39 is 10.0 Å². The number of aromatic nitrogens is 4. The zero-order valence-corrected chi connectivity index (χ0v) is 17.8. The van der Waals surface area contributed by atoms with Gasteiger partial charge in [-0.2, -0.15) is 14.5 Å². The van der Waals surface area contributed by atoms with E-state index in [1.54, 1.807) is 33.6 Å². The van der Waals surface area contributed by atoms with Crippen molar-refractivity contribution in [1.29, 1.82) is 0 Å². The summed E-state index contributed by atoms with van der Waals surface area (Å²) in [4.78, 5) is 14.4. The van der Waals surface area contributed by atoms with E-state index in [9.17, 15) is 13.2 Å². The zero-order chi connectivity index (χ0) is 19.6. The number of piperazine rings is 1. The number of rotatable bonds is 6. The molecule has 1 aliphatic rings. The highest BCUT2D eigenvalue weighted by Crippen LogP contribution is 2.20. The minimum absolute atomic E-state index is 0.00801. The molecule has 9 nitrogen and oxygen atoms in total. The maximum atomic E-state index is 12.9. The highest BCUT2D eigenvalue weighted by molar-refractivity contribution is 9.10. The standard InChI is InChI=1S/C16H23BrN6O3S/c1-3-21-12-15(13(2)19-21)27(25,26)23-8-6-20(7-9-23)16(24)4-5-22-11-14(17)10-18-22/h10-12H,3-9H2,1-2H3. The Bertz CT molecular complexity index is 914. The third kappa shape index (κ3) is 4.41. The van der Waals surface area contributed by atoms with E-state index in [1.165, 1.54) is 4.31 Å². The molecule has 0 unspecified atom stereocenters. The number of carbonyl (C=O) groups is 1. The maximum Gasteiger partial charge on any atom is 0.246 e. The first kappa shape index (κ1) is 20.0. The second kappa shape index (κ2) is 8.11. The number of hydrogen-bond donors (Lipinski definition) is 0. The van der Waals surface area contributed by atoms with Gasteiger partial charge in [-0.3, -0.25) is 14.2 Å². The minimum Gasteiger partial charge on any atom is -0.340 e.